The Balaban J connectivity index is 0.00000289. The van der Waals surface area contributed by atoms with E-state index in [4.69, 9.17) is 10.5 Å². The number of carbonyl (C=O) groups is 1. The molecule has 0 bridgehead atoms. The maximum Gasteiger partial charge on any atom is 0.244 e. The molecule has 0 radical (unpaired) electrons. The highest BCUT2D eigenvalue weighted by Gasteiger charge is 2.26. The second-order valence-corrected chi connectivity index (χ2v) is 4.35. The summed E-state index contributed by atoms with van der Waals surface area (Å²) >= 11 is 0. The van der Waals surface area contributed by atoms with Crippen LogP contribution in [-0.4, -0.2) is 18.6 Å². The molecular weight excluding hydrogens is 252 g/mol. The van der Waals surface area contributed by atoms with Crippen molar-refractivity contribution < 1.29 is 9.53 Å². The number of carbonyl (C=O) groups excluding carboxylic acids is 1. The Morgan fingerprint density at radius 3 is 2.39 bits per heavy atom. The van der Waals surface area contributed by atoms with Gasteiger partial charge in [0.25, 0.3) is 0 Å². The van der Waals surface area contributed by atoms with E-state index in [2.05, 4.69) is 5.32 Å². The zero-order valence-corrected chi connectivity index (χ0v) is 11.8. The van der Waals surface area contributed by atoms with Crippen LogP contribution in [0.3, 0.4) is 0 Å². The summed E-state index contributed by atoms with van der Waals surface area (Å²) in [6.07, 6.45) is 1.54. The highest BCUT2D eigenvalue weighted by Crippen LogP contribution is 2.17. The minimum absolute atomic E-state index is 0. The van der Waals surface area contributed by atoms with E-state index in [0.717, 1.165) is 17.9 Å². The molecule has 18 heavy (non-hydrogen) atoms. The molecular formula is C13H21ClN2O2. The molecule has 3 N–H and O–H groups in total. The van der Waals surface area contributed by atoms with E-state index >= 15 is 0 Å². The van der Waals surface area contributed by atoms with Gasteiger partial charge in [-0.15, -0.1) is 12.4 Å². The Labute approximate surface area is 114 Å². The third-order valence-electron chi connectivity index (χ3n) is 2.64. The van der Waals surface area contributed by atoms with Crippen LogP contribution in [0.4, 0.5) is 5.69 Å². The first-order chi connectivity index (χ1) is 7.99. The minimum atomic E-state index is -0.825. The average molecular weight is 273 g/mol. The summed E-state index contributed by atoms with van der Waals surface area (Å²) in [5, 5.41) is 2.80. The topological polar surface area (TPSA) is 64.4 Å². The zero-order chi connectivity index (χ0) is 12.9. The fourth-order valence-corrected chi connectivity index (χ4v) is 1.58. The van der Waals surface area contributed by atoms with Crippen molar-refractivity contribution in [2.45, 2.75) is 32.2 Å². The van der Waals surface area contributed by atoms with Gasteiger partial charge in [-0.3, -0.25) is 4.79 Å². The first-order valence-electron chi connectivity index (χ1n) is 5.74. The normalized spacial score (nSPS) is 13.1. The third kappa shape index (κ3) is 4.55. The van der Waals surface area contributed by atoms with Gasteiger partial charge < -0.3 is 15.8 Å². The van der Waals surface area contributed by atoms with Crippen molar-refractivity contribution in [1.29, 1.82) is 0 Å². The number of benzene rings is 1. The van der Waals surface area contributed by atoms with Crippen molar-refractivity contribution in [3.05, 3.63) is 24.3 Å². The van der Waals surface area contributed by atoms with E-state index < -0.39 is 5.54 Å². The van der Waals surface area contributed by atoms with Crippen LogP contribution in [0.2, 0.25) is 0 Å². The first-order valence-corrected chi connectivity index (χ1v) is 5.74. The lowest BCUT2D eigenvalue weighted by Gasteiger charge is -2.22. The van der Waals surface area contributed by atoms with Gasteiger partial charge in [0, 0.05) is 5.69 Å². The monoisotopic (exact) mass is 272 g/mol. The van der Waals surface area contributed by atoms with Crippen LogP contribution in [0.15, 0.2) is 24.3 Å². The lowest BCUT2D eigenvalue weighted by molar-refractivity contribution is -0.120. The number of hydrogen-bond acceptors (Lipinski definition) is 3. The average Bonchev–Trinajstić information content (AvgIpc) is 2.30. The Kier molecular flexibility index (Phi) is 6.73. The van der Waals surface area contributed by atoms with E-state index in [-0.39, 0.29) is 18.3 Å². The van der Waals surface area contributed by atoms with Crippen molar-refractivity contribution in [1.82, 2.24) is 0 Å². The Morgan fingerprint density at radius 2 is 1.94 bits per heavy atom. The lowest BCUT2D eigenvalue weighted by Crippen LogP contribution is -2.48. The van der Waals surface area contributed by atoms with Crippen LogP contribution in [-0.2, 0) is 4.79 Å². The third-order valence-corrected chi connectivity index (χ3v) is 2.64. The maximum absolute atomic E-state index is 11.9. The van der Waals surface area contributed by atoms with Crippen LogP contribution in [0, 0.1) is 0 Å². The standard InChI is InChI=1S/C13H20N2O2.ClH/c1-4-9-13(2,14)12(16)15-10-5-7-11(17-3)8-6-10;/h5-8H,4,9,14H2,1-3H3,(H,15,16);1H. The van der Waals surface area contributed by atoms with Crippen LogP contribution < -0.4 is 15.8 Å². The van der Waals surface area contributed by atoms with Gasteiger partial charge in [0.05, 0.1) is 12.6 Å². The van der Waals surface area contributed by atoms with Crippen LogP contribution in [0.1, 0.15) is 26.7 Å². The molecule has 1 unspecified atom stereocenters. The van der Waals surface area contributed by atoms with E-state index in [9.17, 15) is 4.79 Å². The summed E-state index contributed by atoms with van der Waals surface area (Å²) < 4.78 is 5.04. The van der Waals surface area contributed by atoms with Gasteiger partial charge in [-0.25, -0.2) is 0 Å². The van der Waals surface area contributed by atoms with Gasteiger partial charge >= 0.3 is 0 Å². The SMILES string of the molecule is CCCC(C)(N)C(=O)Nc1ccc(OC)cc1.Cl. The molecule has 0 fully saturated rings. The fraction of sp³-hybridized carbons (Fsp3) is 0.462. The molecule has 1 atom stereocenters. The van der Waals surface area contributed by atoms with E-state index in [1.54, 1.807) is 38.3 Å². The van der Waals surface area contributed by atoms with Crippen molar-refractivity contribution >= 4 is 24.0 Å². The van der Waals surface area contributed by atoms with Gasteiger partial charge in [-0.2, -0.15) is 0 Å². The van der Waals surface area contributed by atoms with Gasteiger partial charge in [0.1, 0.15) is 5.75 Å². The molecule has 0 aliphatic rings. The Bertz CT molecular complexity index is 377. The molecule has 0 spiro atoms. The number of halogens is 1. The van der Waals surface area contributed by atoms with Crippen molar-refractivity contribution in [3.8, 4) is 5.75 Å². The molecule has 0 aliphatic heterocycles. The summed E-state index contributed by atoms with van der Waals surface area (Å²) in [4.78, 5) is 11.9. The summed E-state index contributed by atoms with van der Waals surface area (Å²) in [5.41, 5.74) is 5.84. The highest BCUT2D eigenvalue weighted by molar-refractivity contribution is 5.97. The summed E-state index contributed by atoms with van der Waals surface area (Å²) in [6, 6.07) is 7.17. The number of ether oxygens (including phenoxy) is 1. The van der Waals surface area contributed by atoms with Gasteiger partial charge in [0.2, 0.25) is 5.91 Å². The number of nitrogens with two attached hydrogens (primary N) is 1. The summed E-state index contributed by atoms with van der Waals surface area (Å²) in [7, 11) is 1.60. The quantitative estimate of drug-likeness (QED) is 0.866. The van der Waals surface area contributed by atoms with Gasteiger partial charge in [0.15, 0.2) is 0 Å². The summed E-state index contributed by atoms with van der Waals surface area (Å²) in [6.45, 7) is 3.75. The predicted molar refractivity (Wildman–Crippen MR) is 76.4 cm³/mol. The van der Waals surface area contributed by atoms with Crippen molar-refractivity contribution in [2.75, 3.05) is 12.4 Å². The Morgan fingerprint density at radius 1 is 1.39 bits per heavy atom. The number of methoxy groups -OCH3 is 1. The van der Waals surface area contributed by atoms with Crippen molar-refractivity contribution in [3.63, 3.8) is 0 Å². The second kappa shape index (κ2) is 7.24. The molecule has 0 aliphatic carbocycles. The molecule has 5 heteroatoms. The second-order valence-electron chi connectivity index (χ2n) is 4.35. The van der Waals surface area contributed by atoms with Crippen molar-refractivity contribution in [2.24, 2.45) is 5.73 Å². The molecule has 1 amide bonds. The number of anilines is 1. The largest absolute Gasteiger partial charge is 0.497 e. The van der Waals surface area contributed by atoms with Gasteiger partial charge in [-0.05, 0) is 37.6 Å². The lowest BCUT2D eigenvalue weighted by atomic mass is 9.96. The molecule has 0 heterocycles. The molecule has 102 valence electrons. The molecule has 1 aromatic rings. The van der Waals surface area contributed by atoms with Gasteiger partial charge in [-0.1, -0.05) is 13.3 Å². The van der Waals surface area contributed by atoms with Crippen LogP contribution in [0.25, 0.3) is 0 Å². The fourth-order valence-electron chi connectivity index (χ4n) is 1.58. The minimum Gasteiger partial charge on any atom is -0.497 e. The smallest absolute Gasteiger partial charge is 0.244 e. The molecule has 0 saturated carbocycles. The van der Waals surface area contributed by atoms with E-state index in [1.165, 1.54) is 0 Å². The highest BCUT2D eigenvalue weighted by atomic mass is 35.5. The maximum atomic E-state index is 11.9. The van der Waals surface area contributed by atoms with Crippen LogP contribution >= 0.6 is 12.4 Å². The predicted octanol–water partition coefficient (Wildman–Crippen LogP) is 2.57. The summed E-state index contributed by atoms with van der Waals surface area (Å²) in [5.74, 6) is 0.594. The molecule has 0 saturated heterocycles. The molecule has 0 aromatic heterocycles. The first kappa shape index (κ1) is 16.7. The number of nitrogens with one attached hydrogen (secondary N) is 1. The van der Waals surface area contributed by atoms with E-state index in [0.29, 0.717) is 6.42 Å². The molecule has 4 nitrogen and oxygen atoms in total. The number of hydrogen-bond donors (Lipinski definition) is 2. The Hall–Kier alpha value is -1.26. The molecule has 1 rings (SSSR count). The van der Waals surface area contributed by atoms with E-state index in [1.807, 2.05) is 6.92 Å². The van der Waals surface area contributed by atoms with Crippen LogP contribution in [0.5, 0.6) is 5.75 Å². The number of amides is 1. The molecule has 1 aromatic carbocycles. The zero-order valence-electron chi connectivity index (χ0n) is 11.0. The number of rotatable bonds is 5.